The molecular weight excluding hydrogens is 308 g/mol. The maximum Gasteiger partial charge on any atom is 0.298 e. The van der Waals surface area contributed by atoms with E-state index in [-0.39, 0.29) is 40.0 Å². The van der Waals surface area contributed by atoms with Gasteiger partial charge in [-0.3, -0.25) is 4.55 Å². The fraction of sp³-hybridized carbons (Fsp3) is 0.600. The minimum atomic E-state index is -4.55. The summed E-state index contributed by atoms with van der Waals surface area (Å²) in [5.41, 5.74) is 0.559. The predicted octanol–water partition coefficient (Wildman–Crippen LogP) is 3.12. The second-order valence-electron chi connectivity index (χ2n) is 5.17. The summed E-state index contributed by atoms with van der Waals surface area (Å²) < 4.78 is 43.9. The number of benzene rings is 1. The third kappa shape index (κ3) is 3.30. The summed E-state index contributed by atoms with van der Waals surface area (Å²) in [6.45, 7) is 5.63. The van der Waals surface area contributed by atoms with Gasteiger partial charge in [0, 0.05) is 11.1 Å². The molecule has 0 aliphatic carbocycles. The van der Waals surface area contributed by atoms with E-state index in [1.165, 1.54) is 14.2 Å². The molecular formula is C15H24O6S. The summed E-state index contributed by atoms with van der Waals surface area (Å²) in [5, 5.41) is 10.5. The monoisotopic (exact) mass is 332 g/mol. The van der Waals surface area contributed by atoms with E-state index in [0.29, 0.717) is 18.4 Å². The quantitative estimate of drug-likeness (QED) is 0.745. The highest BCUT2D eigenvalue weighted by atomic mass is 32.2. The summed E-state index contributed by atoms with van der Waals surface area (Å²) in [4.78, 5) is -0.370. The van der Waals surface area contributed by atoms with Crippen molar-refractivity contribution in [1.82, 2.24) is 0 Å². The van der Waals surface area contributed by atoms with Crippen molar-refractivity contribution in [2.24, 2.45) is 0 Å². The summed E-state index contributed by atoms with van der Waals surface area (Å²) in [5.74, 6) is -0.142. The lowest BCUT2D eigenvalue weighted by atomic mass is 9.93. The van der Waals surface area contributed by atoms with E-state index >= 15 is 0 Å². The van der Waals surface area contributed by atoms with Gasteiger partial charge in [0.2, 0.25) is 0 Å². The van der Waals surface area contributed by atoms with Crippen LogP contribution >= 0.6 is 0 Å². The molecule has 0 amide bonds. The minimum absolute atomic E-state index is 0.0370. The van der Waals surface area contributed by atoms with Gasteiger partial charge < -0.3 is 14.6 Å². The smallest absolute Gasteiger partial charge is 0.298 e. The zero-order valence-electron chi connectivity index (χ0n) is 13.6. The van der Waals surface area contributed by atoms with Gasteiger partial charge in [-0.25, -0.2) is 0 Å². The molecule has 0 saturated heterocycles. The highest BCUT2D eigenvalue weighted by Crippen LogP contribution is 2.49. The topological polar surface area (TPSA) is 93.1 Å². The number of rotatable bonds is 7. The van der Waals surface area contributed by atoms with Gasteiger partial charge in [0.25, 0.3) is 10.1 Å². The lowest BCUT2D eigenvalue weighted by molar-refractivity contribution is 0.341. The van der Waals surface area contributed by atoms with Gasteiger partial charge in [-0.15, -0.1) is 0 Å². The molecule has 1 unspecified atom stereocenters. The molecule has 22 heavy (non-hydrogen) atoms. The standard InChI is InChI=1S/C15H24O6S/c1-6-8-10-12(16)13(20-4)11(9(3)7-2)14(21-5)15(10)22(17,18)19/h9,16H,6-8H2,1-5H3,(H,17,18,19). The summed E-state index contributed by atoms with van der Waals surface area (Å²) >= 11 is 0. The normalized spacial score (nSPS) is 13.0. The van der Waals surface area contributed by atoms with Crippen molar-refractivity contribution in [3.63, 3.8) is 0 Å². The van der Waals surface area contributed by atoms with Gasteiger partial charge in [0.05, 0.1) is 14.2 Å². The summed E-state index contributed by atoms with van der Waals surface area (Å²) in [6.07, 6.45) is 1.55. The molecule has 0 fully saturated rings. The maximum atomic E-state index is 11.8. The molecule has 1 atom stereocenters. The highest BCUT2D eigenvalue weighted by molar-refractivity contribution is 7.86. The fourth-order valence-electron chi connectivity index (χ4n) is 2.55. The number of phenolic OH excluding ortho intramolecular Hbond substituents is 1. The molecule has 0 aliphatic rings. The van der Waals surface area contributed by atoms with Crippen LogP contribution in [0.5, 0.6) is 17.2 Å². The van der Waals surface area contributed by atoms with Crippen LogP contribution in [-0.2, 0) is 16.5 Å². The molecule has 0 aromatic heterocycles. The maximum absolute atomic E-state index is 11.8. The van der Waals surface area contributed by atoms with E-state index < -0.39 is 10.1 Å². The van der Waals surface area contributed by atoms with E-state index in [0.717, 1.165) is 0 Å². The molecule has 0 bridgehead atoms. The Kier molecular flexibility index (Phi) is 6.08. The molecule has 0 heterocycles. The lowest BCUT2D eigenvalue weighted by Crippen LogP contribution is -2.11. The van der Waals surface area contributed by atoms with Gasteiger partial charge in [0.15, 0.2) is 11.5 Å². The average molecular weight is 332 g/mol. The third-order valence-electron chi connectivity index (χ3n) is 3.74. The first kappa shape index (κ1) is 18.6. The van der Waals surface area contributed by atoms with Crippen molar-refractivity contribution in [2.75, 3.05) is 14.2 Å². The molecule has 0 saturated carbocycles. The van der Waals surface area contributed by atoms with E-state index in [2.05, 4.69) is 0 Å². The number of hydrogen-bond donors (Lipinski definition) is 2. The van der Waals surface area contributed by atoms with E-state index in [9.17, 15) is 18.1 Å². The predicted molar refractivity (Wildman–Crippen MR) is 83.7 cm³/mol. The van der Waals surface area contributed by atoms with Crippen molar-refractivity contribution in [1.29, 1.82) is 0 Å². The first-order valence-corrected chi connectivity index (χ1v) is 8.65. The van der Waals surface area contributed by atoms with Crippen molar-refractivity contribution in [3.05, 3.63) is 11.1 Å². The number of hydrogen-bond acceptors (Lipinski definition) is 5. The summed E-state index contributed by atoms with van der Waals surface area (Å²) in [7, 11) is -1.81. The van der Waals surface area contributed by atoms with Gasteiger partial charge >= 0.3 is 0 Å². The summed E-state index contributed by atoms with van der Waals surface area (Å²) in [6, 6.07) is 0. The Balaban J connectivity index is 3.99. The van der Waals surface area contributed by atoms with Crippen molar-refractivity contribution < 1.29 is 27.6 Å². The van der Waals surface area contributed by atoms with Crippen LogP contribution in [-0.4, -0.2) is 32.3 Å². The zero-order valence-corrected chi connectivity index (χ0v) is 14.5. The Bertz CT molecular complexity index is 636. The first-order valence-electron chi connectivity index (χ1n) is 7.21. The molecule has 126 valence electrons. The van der Waals surface area contributed by atoms with E-state index in [4.69, 9.17) is 9.47 Å². The molecule has 0 radical (unpaired) electrons. The van der Waals surface area contributed by atoms with Gasteiger partial charge in [0.1, 0.15) is 10.6 Å². The van der Waals surface area contributed by atoms with Crippen LogP contribution in [0.3, 0.4) is 0 Å². The number of aromatic hydroxyl groups is 1. The third-order valence-corrected chi connectivity index (χ3v) is 4.69. The largest absolute Gasteiger partial charge is 0.504 e. The number of ether oxygens (including phenoxy) is 2. The molecule has 1 rings (SSSR count). The van der Waals surface area contributed by atoms with Crippen LogP contribution in [0.25, 0.3) is 0 Å². The number of phenols is 1. The van der Waals surface area contributed by atoms with Gasteiger partial charge in [-0.05, 0) is 18.8 Å². The second-order valence-corrected chi connectivity index (χ2v) is 6.53. The number of methoxy groups -OCH3 is 2. The van der Waals surface area contributed by atoms with Crippen LogP contribution < -0.4 is 9.47 Å². The van der Waals surface area contributed by atoms with Gasteiger partial charge in [-0.1, -0.05) is 27.2 Å². The SMILES string of the molecule is CCCc1c(O)c(OC)c(C(C)CC)c(OC)c1S(=O)(=O)O. The molecule has 1 aromatic rings. The Hall–Kier alpha value is -1.47. The van der Waals surface area contributed by atoms with Crippen LogP contribution in [0.4, 0.5) is 0 Å². The fourth-order valence-corrected chi connectivity index (χ4v) is 3.49. The Morgan fingerprint density at radius 3 is 2.05 bits per heavy atom. The Morgan fingerprint density at radius 2 is 1.68 bits per heavy atom. The van der Waals surface area contributed by atoms with Crippen molar-refractivity contribution >= 4 is 10.1 Å². The first-order chi connectivity index (χ1) is 10.2. The van der Waals surface area contributed by atoms with Crippen LogP contribution in [0.1, 0.15) is 50.7 Å². The average Bonchev–Trinajstić information content (AvgIpc) is 2.46. The molecule has 0 aliphatic heterocycles. The second kappa shape index (κ2) is 7.19. The lowest BCUT2D eigenvalue weighted by Gasteiger charge is -2.23. The molecule has 2 N–H and O–H groups in total. The zero-order chi connectivity index (χ0) is 17.1. The van der Waals surface area contributed by atoms with Crippen molar-refractivity contribution in [2.45, 2.75) is 50.8 Å². The van der Waals surface area contributed by atoms with Gasteiger partial charge in [-0.2, -0.15) is 8.42 Å². The Labute approximate surface area is 131 Å². The molecule has 0 spiro atoms. The highest BCUT2D eigenvalue weighted by Gasteiger charge is 2.32. The molecule has 6 nitrogen and oxygen atoms in total. The van der Waals surface area contributed by atoms with Crippen LogP contribution in [0, 0.1) is 0 Å². The van der Waals surface area contributed by atoms with E-state index in [1.807, 2.05) is 20.8 Å². The molecule has 7 heteroatoms. The van der Waals surface area contributed by atoms with E-state index in [1.54, 1.807) is 0 Å². The molecule has 1 aromatic carbocycles. The minimum Gasteiger partial charge on any atom is -0.504 e. The Morgan fingerprint density at radius 1 is 1.14 bits per heavy atom. The van der Waals surface area contributed by atoms with Crippen molar-refractivity contribution in [3.8, 4) is 17.2 Å². The van der Waals surface area contributed by atoms with Crippen LogP contribution in [0.2, 0.25) is 0 Å². The van der Waals surface area contributed by atoms with Crippen LogP contribution in [0.15, 0.2) is 4.90 Å².